The zero-order valence-electron chi connectivity index (χ0n) is 12.2. The Hall–Kier alpha value is -2.22. The summed E-state index contributed by atoms with van der Waals surface area (Å²) < 4.78 is 9.32. The second kappa shape index (κ2) is 7.17. The number of urea groups is 1. The Morgan fingerprint density at radius 1 is 1.27 bits per heavy atom. The number of methoxy groups -OCH3 is 2. The maximum atomic E-state index is 12.3. The van der Waals surface area contributed by atoms with Gasteiger partial charge in [-0.2, -0.15) is 0 Å². The van der Waals surface area contributed by atoms with E-state index in [4.69, 9.17) is 0 Å². The number of rotatable bonds is 3. The van der Waals surface area contributed by atoms with Crippen LogP contribution in [0.4, 0.5) is 10.5 Å². The van der Waals surface area contributed by atoms with Crippen LogP contribution in [0.25, 0.3) is 0 Å². The maximum absolute atomic E-state index is 12.3. The van der Waals surface area contributed by atoms with E-state index in [1.165, 1.54) is 36.9 Å². The molecule has 1 unspecified atom stereocenters. The summed E-state index contributed by atoms with van der Waals surface area (Å²) in [6.07, 6.45) is 0. The predicted molar refractivity (Wildman–Crippen MR) is 81.8 cm³/mol. The molecule has 0 spiro atoms. The van der Waals surface area contributed by atoms with E-state index in [2.05, 4.69) is 14.8 Å². The molecule has 0 bridgehead atoms. The number of carbonyl (C=O) groups excluding carboxylic acids is 3. The highest BCUT2D eigenvalue weighted by molar-refractivity contribution is 8.00. The standard InChI is InChI=1S/C14H16N2O5S/c1-20-12(17)9-4-3-5-10(8-9)15-14(19)16-6-7-22-11(16)13(18)21-2/h3-5,8,11H,6-7H2,1-2H3,(H,15,19). The number of benzene rings is 1. The van der Waals surface area contributed by atoms with Crippen LogP contribution in [0.5, 0.6) is 0 Å². The molecule has 0 aliphatic carbocycles. The van der Waals surface area contributed by atoms with Crippen molar-refractivity contribution in [2.75, 3.05) is 31.8 Å². The van der Waals surface area contributed by atoms with Gasteiger partial charge in [-0.1, -0.05) is 6.07 Å². The van der Waals surface area contributed by atoms with Gasteiger partial charge in [-0.25, -0.2) is 14.4 Å². The number of esters is 2. The predicted octanol–water partition coefficient (Wildman–Crippen LogP) is 1.55. The molecular weight excluding hydrogens is 308 g/mol. The minimum Gasteiger partial charge on any atom is -0.467 e. The zero-order valence-corrected chi connectivity index (χ0v) is 13.0. The SMILES string of the molecule is COC(=O)c1cccc(NC(=O)N2CCSC2C(=O)OC)c1. The Labute approximate surface area is 131 Å². The molecule has 8 heteroatoms. The first kappa shape index (κ1) is 16.2. The van der Waals surface area contributed by atoms with Gasteiger partial charge in [0.1, 0.15) is 0 Å². The van der Waals surface area contributed by atoms with Crippen LogP contribution in [-0.4, -0.2) is 54.8 Å². The summed E-state index contributed by atoms with van der Waals surface area (Å²) in [5, 5.41) is 2.03. The van der Waals surface area contributed by atoms with Gasteiger partial charge < -0.3 is 19.7 Å². The van der Waals surface area contributed by atoms with Gasteiger partial charge in [-0.3, -0.25) is 0 Å². The quantitative estimate of drug-likeness (QED) is 0.849. The molecule has 1 saturated heterocycles. The fourth-order valence-corrected chi connectivity index (χ4v) is 3.15. The van der Waals surface area contributed by atoms with Crippen molar-refractivity contribution in [3.05, 3.63) is 29.8 Å². The van der Waals surface area contributed by atoms with Gasteiger partial charge in [0.15, 0.2) is 5.37 Å². The molecule has 1 aliphatic heterocycles. The average Bonchev–Trinajstić information content (AvgIpc) is 3.03. The summed E-state index contributed by atoms with van der Waals surface area (Å²) >= 11 is 1.35. The third kappa shape index (κ3) is 3.51. The largest absolute Gasteiger partial charge is 0.467 e. The Morgan fingerprint density at radius 3 is 2.73 bits per heavy atom. The van der Waals surface area contributed by atoms with Crippen molar-refractivity contribution in [3.8, 4) is 0 Å². The summed E-state index contributed by atoms with van der Waals surface area (Å²) in [7, 11) is 2.58. The second-order valence-corrected chi connectivity index (χ2v) is 5.63. The maximum Gasteiger partial charge on any atom is 0.339 e. The number of ether oxygens (including phenoxy) is 2. The molecule has 1 N–H and O–H groups in total. The lowest BCUT2D eigenvalue weighted by Crippen LogP contribution is -2.42. The number of thioether (sulfide) groups is 1. The van der Waals surface area contributed by atoms with E-state index in [9.17, 15) is 14.4 Å². The molecule has 0 aromatic heterocycles. The fourth-order valence-electron chi connectivity index (χ4n) is 2.01. The van der Waals surface area contributed by atoms with Crippen LogP contribution >= 0.6 is 11.8 Å². The first-order valence-electron chi connectivity index (χ1n) is 6.52. The molecular formula is C14H16N2O5S. The lowest BCUT2D eigenvalue weighted by molar-refractivity contribution is -0.142. The van der Waals surface area contributed by atoms with Crippen molar-refractivity contribution >= 4 is 35.4 Å². The lowest BCUT2D eigenvalue weighted by atomic mass is 10.2. The molecule has 1 aliphatic rings. The summed E-state index contributed by atoms with van der Waals surface area (Å²) in [5.41, 5.74) is 0.786. The summed E-state index contributed by atoms with van der Waals surface area (Å²) in [5.74, 6) is -0.281. The summed E-state index contributed by atoms with van der Waals surface area (Å²) in [6.45, 7) is 0.451. The molecule has 0 saturated carbocycles. The monoisotopic (exact) mass is 324 g/mol. The van der Waals surface area contributed by atoms with Gasteiger partial charge in [0.05, 0.1) is 19.8 Å². The number of hydrogen-bond acceptors (Lipinski definition) is 6. The van der Waals surface area contributed by atoms with Gasteiger partial charge in [0, 0.05) is 18.0 Å². The van der Waals surface area contributed by atoms with Crippen LogP contribution < -0.4 is 5.32 Å². The molecule has 7 nitrogen and oxygen atoms in total. The Kier molecular flexibility index (Phi) is 5.26. The molecule has 118 valence electrons. The van der Waals surface area contributed by atoms with Crippen molar-refractivity contribution < 1.29 is 23.9 Å². The van der Waals surface area contributed by atoms with Crippen molar-refractivity contribution in [2.24, 2.45) is 0 Å². The highest BCUT2D eigenvalue weighted by Gasteiger charge is 2.35. The van der Waals surface area contributed by atoms with Crippen molar-refractivity contribution in [1.82, 2.24) is 4.90 Å². The molecule has 2 rings (SSSR count). The van der Waals surface area contributed by atoms with E-state index in [0.717, 1.165) is 0 Å². The van der Waals surface area contributed by atoms with Crippen LogP contribution in [0.3, 0.4) is 0 Å². The first-order chi connectivity index (χ1) is 10.6. The van der Waals surface area contributed by atoms with Gasteiger partial charge >= 0.3 is 18.0 Å². The molecule has 1 atom stereocenters. The topological polar surface area (TPSA) is 84.9 Å². The molecule has 1 fully saturated rings. The lowest BCUT2D eigenvalue weighted by Gasteiger charge is -2.22. The smallest absolute Gasteiger partial charge is 0.339 e. The van der Waals surface area contributed by atoms with Gasteiger partial charge in [-0.15, -0.1) is 11.8 Å². The normalized spacial score (nSPS) is 17.0. The van der Waals surface area contributed by atoms with Crippen molar-refractivity contribution in [3.63, 3.8) is 0 Å². The van der Waals surface area contributed by atoms with E-state index in [-0.39, 0.29) is 0 Å². The van der Waals surface area contributed by atoms with Gasteiger partial charge in [0.25, 0.3) is 0 Å². The molecule has 2 amide bonds. The number of nitrogens with zero attached hydrogens (tertiary/aromatic N) is 1. The number of anilines is 1. The van der Waals surface area contributed by atoms with Crippen molar-refractivity contribution in [1.29, 1.82) is 0 Å². The Balaban J connectivity index is 2.08. The highest BCUT2D eigenvalue weighted by Crippen LogP contribution is 2.25. The number of hydrogen-bond donors (Lipinski definition) is 1. The van der Waals surface area contributed by atoms with Crippen LogP contribution in [0, 0.1) is 0 Å². The minimum atomic E-state index is -0.645. The van der Waals surface area contributed by atoms with E-state index in [1.807, 2.05) is 0 Å². The van der Waals surface area contributed by atoms with Gasteiger partial charge in [-0.05, 0) is 18.2 Å². The molecule has 1 aromatic carbocycles. The Morgan fingerprint density at radius 2 is 2.05 bits per heavy atom. The number of nitrogens with one attached hydrogen (secondary N) is 1. The molecule has 1 aromatic rings. The van der Waals surface area contributed by atoms with Crippen LogP contribution in [-0.2, 0) is 14.3 Å². The zero-order chi connectivity index (χ0) is 16.1. The van der Waals surface area contributed by atoms with Crippen molar-refractivity contribution in [2.45, 2.75) is 5.37 Å². The van der Waals surface area contributed by atoms with Crippen LogP contribution in [0.1, 0.15) is 10.4 Å². The average molecular weight is 324 g/mol. The van der Waals surface area contributed by atoms with Gasteiger partial charge in [0.2, 0.25) is 0 Å². The summed E-state index contributed by atoms with van der Waals surface area (Å²) in [4.78, 5) is 36.8. The Bertz CT molecular complexity index is 592. The van der Waals surface area contributed by atoms with E-state index in [1.54, 1.807) is 18.2 Å². The molecule has 22 heavy (non-hydrogen) atoms. The third-order valence-electron chi connectivity index (χ3n) is 3.09. The van der Waals surface area contributed by atoms with Crippen LogP contribution in [0.2, 0.25) is 0 Å². The summed E-state index contributed by atoms with van der Waals surface area (Å²) in [6, 6.07) is 5.98. The molecule has 1 heterocycles. The number of carbonyl (C=O) groups is 3. The second-order valence-electron chi connectivity index (χ2n) is 4.44. The third-order valence-corrected chi connectivity index (χ3v) is 4.27. The van der Waals surface area contributed by atoms with E-state index < -0.39 is 23.3 Å². The number of amides is 2. The van der Waals surface area contributed by atoms with E-state index in [0.29, 0.717) is 23.5 Å². The first-order valence-corrected chi connectivity index (χ1v) is 7.57. The van der Waals surface area contributed by atoms with Crippen LogP contribution in [0.15, 0.2) is 24.3 Å². The van der Waals surface area contributed by atoms with E-state index >= 15 is 0 Å². The fraction of sp³-hybridized carbons (Fsp3) is 0.357. The minimum absolute atomic E-state index is 0.334. The molecule has 0 radical (unpaired) electrons. The highest BCUT2D eigenvalue weighted by atomic mass is 32.2.